The predicted molar refractivity (Wildman–Crippen MR) is 77.4 cm³/mol. The maximum atomic E-state index is 13.5. The zero-order valence-electron chi connectivity index (χ0n) is 11.3. The highest BCUT2D eigenvalue weighted by atomic mass is 35.5. The van der Waals surface area contributed by atoms with Gasteiger partial charge < -0.3 is 0 Å². The number of carbonyl (C=O) groups is 1. The van der Waals surface area contributed by atoms with E-state index in [0.717, 1.165) is 0 Å². The van der Waals surface area contributed by atoms with Crippen molar-refractivity contribution < 1.29 is 26.7 Å². The molecule has 0 spiro atoms. The first-order valence-electron chi connectivity index (χ1n) is 6.26. The lowest BCUT2D eigenvalue weighted by Crippen LogP contribution is -2.05. The van der Waals surface area contributed by atoms with Crippen molar-refractivity contribution in [3.8, 4) is 0 Å². The Bertz CT molecular complexity index is 720. The zero-order valence-corrected chi connectivity index (χ0v) is 12.9. The maximum absolute atomic E-state index is 13.5. The molecule has 0 aliphatic heterocycles. The second-order valence-corrected chi connectivity index (χ2v) is 5.97. The highest BCUT2D eigenvalue weighted by Gasteiger charge is 2.25. The molecule has 0 fully saturated rings. The van der Waals surface area contributed by atoms with Gasteiger partial charge in [-0.05, 0) is 24.3 Å². The number of ketones is 1. The molecule has 2 aromatic carbocycles. The molecule has 0 amide bonds. The van der Waals surface area contributed by atoms with Crippen LogP contribution in [0.3, 0.4) is 0 Å². The summed E-state index contributed by atoms with van der Waals surface area (Å²) in [6.45, 7) is 0. The lowest BCUT2D eigenvalue weighted by atomic mass is 10.1. The molecule has 0 aromatic heterocycles. The molecule has 2 aromatic rings. The Hall–Kier alpha value is -1.60. The van der Waals surface area contributed by atoms with Crippen LogP contribution in [0.2, 0.25) is 5.02 Å². The fourth-order valence-corrected chi connectivity index (χ4v) is 2.79. The van der Waals surface area contributed by atoms with Crippen molar-refractivity contribution in [2.24, 2.45) is 0 Å². The van der Waals surface area contributed by atoms with Crippen molar-refractivity contribution in [2.75, 3.05) is 5.75 Å². The van der Waals surface area contributed by atoms with E-state index in [9.17, 15) is 26.7 Å². The number of hydrogen-bond donors (Lipinski definition) is 0. The largest absolute Gasteiger partial charge is 0.294 e. The number of benzene rings is 2. The van der Waals surface area contributed by atoms with Crippen molar-refractivity contribution in [3.05, 3.63) is 63.9 Å². The first-order chi connectivity index (χ1) is 10.8. The molecule has 8 heteroatoms. The van der Waals surface area contributed by atoms with Crippen molar-refractivity contribution in [1.29, 1.82) is 0 Å². The van der Waals surface area contributed by atoms with E-state index in [2.05, 4.69) is 0 Å². The summed E-state index contributed by atoms with van der Waals surface area (Å²) in [6, 6.07) is 5.97. The Balaban J connectivity index is 2.07. The van der Waals surface area contributed by atoms with Gasteiger partial charge in [-0.2, -0.15) is 0 Å². The van der Waals surface area contributed by atoms with Crippen LogP contribution >= 0.6 is 23.4 Å². The van der Waals surface area contributed by atoms with Crippen LogP contribution in [0, 0.1) is 29.1 Å². The Morgan fingerprint density at radius 3 is 1.87 bits per heavy atom. The highest BCUT2D eigenvalue weighted by Crippen LogP contribution is 2.31. The summed E-state index contributed by atoms with van der Waals surface area (Å²) in [7, 11) is 0. The van der Waals surface area contributed by atoms with E-state index in [1.54, 1.807) is 0 Å². The average molecular weight is 367 g/mol. The molecule has 0 radical (unpaired) electrons. The van der Waals surface area contributed by atoms with Gasteiger partial charge in [0.1, 0.15) is 0 Å². The summed E-state index contributed by atoms with van der Waals surface area (Å²) in [6.07, 6.45) is -0.133. The van der Waals surface area contributed by atoms with Gasteiger partial charge in [0.05, 0.1) is 4.90 Å². The van der Waals surface area contributed by atoms with Crippen LogP contribution in [0.25, 0.3) is 0 Å². The number of rotatable bonds is 5. The molecule has 2 rings (SSSR count). The maximum Gasteiger partial charge on any atom is 0.200 e. The molecule has 0 aliphatic carbocycles. The minimum absolute atomic E-state index is 0.133. The summed E-state index contributed by atoms with van der Waals surface area (Å²) in [5, 5.41) is 0.442. The van der Waals surface area contributed by atoms with Crippen LogP contribution in [0.15, 0.2) is 29.2 Å². The van der Waals surface area contributed by atoms with Gasteiger partial charge in [0.15, 0.2) is 29.1 Å². The van der Waals surface area contributed by atoms with Gasteiger partial charge in [-0.25, -0.2) is 22.0 Å². The van der Waals surface area contributed by atoms with Crippen molar-refractivity contribution in [1.82, 2.24) is 0 Å². The second kappa shape index (κ2) is 7.31. The standard InChI is InChI=1S/C15H8ClF5OS/c16-8-3-1-7(2-4-8)9(22)5-6-23-15-13(20)11(18)10(17)12(19)14(15)21/h1-4H,5-6H2. The summed E-state index contributed by atoms with van der Waals surface area (Å²) >= 11 is 6.07. The van der Waals surface area contributed by atoms with E-state index in [0.29, 0.717) is 22.3 Å². The fraction of sp³-hybridized carbons (Fsp3) is 0.133. The van der Waals surface area contributed by atoms with Crippen LogP contribution in [0.4, 0.5) is 22.0 Å². The number of Topliss-reactive ketones (excluding diaryl/α,β-unsaturated/α-hetero) is 1. The van der Waals surface area contributed by atoms with Crippen LogP contribution in [0.5, 0.6) is 0 Å². The second-order valence-electron chi connectivity index (χ2n) is 4.43. The molecule has 0 N–H and O–H groups in total. The molecular weight excluding hydrogens is 359 g/mol. The van der Waals surface area contributed by atoms with Gasteiger partial charge in [0.2, 0.25) is 5.82 Å². The Morgan fingerprint density at radius 2 is 1.35 bits per heavy atom. The van der Waals surface area contributed by atoms with Gasteiger partial charge >= 0.3 is 0 Å². The predicted octanol–water partition coefficient (Wildman–Crippen LogP) is 5.40. The van der Waals surface area contributed by atoms with E-state index in [4.69, 9.17) is 11.6 Å². The molecule has 0 heterocycles. The average Bonchev–Trinajstić information content (AvgIpc) is 2.54. The van der Waals surface area contributed by atoms with Crippen LogP contribution in [-0.4, -0.2) is 11.5 Å². The monoisotopic (exact) mass is 366 g/mol. The molecule has 122 valence electrons. The topological polar surface area (TPSA) is 17.1 Å². The normalized spacial score (nSPS) is 10.9. The lowest BCUT2D eigenvalue weighted by Gasteiger charge is -2.07. The summed E-state index contributed by atoms with van der Waals surface area (Å²) in [5.74, 6) is -10.5. The van der Waals surface area contributed by atoms with E-state index >= 15 is 0 Å². The Labute approximate surface area is 137 Å². The zero-order chi connectivity index (χ0) is 17.1. The molecule has 0 aliphatic rings. The van der Waals surface area contributed by atoms with Gasteiger partial charge in [0, 0.05) is 22.8 Å². The molecule has 0 atom stereocenters. The van der Waals surface area contributed by atoms with Gasteiger partial charge in [-0.15, -0.1) is 11.8 Å². The first-order valence-corrected chi connectivity index (χ1v) is 7.62. The summed E-state index contributed by atoms with van der Waals surface area (Å²) in [4.78, 5) is 10.9. The van der Waals surface area contributed by atoms with Crippen molar-refractivity contribution in [3.63, 3.8) is 0 Å². The van der Waals surface area contributed by atoms with Crippen LogP contribution < -0.4 is 0 Å². The van der Waals surface area contributed by atoms with Crippen LogP contribution in [-0.2, 0) is 0 Å². The van der Waals surface area contributed by atoms with Crippen LogP contribution in [0.1, 0.15) is 16.8 Å². The van der Waals surface area contributed by atoms with Gasteiger partial charge in [-0.1, -0.05) is 11.6 Å². The molecule has 1 nitrogen and oxygen atoms in total. The summed E-state index contributed by atoms with van der Waals surface area (Å²) in [5.41, 5.74) is 0.340. The molecule has 0 saturated heterocycles. The minimum atomic E-state index is -2.21. The Kier molecular flexibility index (Phi) is 5.64. The Morgan fingerprint density at radius 1 is 0.870 bits per heavy atom. The molecule has 0 saturated carbocycles. The minimum Gasteiger partial charge on any atom is -0.294 e. The van der Waals surface area contributed by atoms with E-state index in [1.807, 2.05) is 0 Å². The SMILES string of the molecule is O=C(CCSc1c(F)c(F)c(F)c(F)c1F)c1ccc(Cl)cc1. The number of hydrogen-bond acceptors (Lipinski definition) is 2. The van der Waals surface area contributed by atoms with E-state index in [-0.39, 0.29) is 18.0 Å². The summed E-state index contributed by atoms with van der Waals surface area (Å²) < 4.78 is 65.9. The highest BCUT2D eigenvalue weighted by molar-refractivity contribution is 7.99. The quantitative estimate of drug-likeness (QED) is 0.232. The van der Waals surface area contributed by atoms with Gasteiger partial charge in [-0.3, -0.25) is 4.79 Å². The fourth-order valence-electron chi connectivity index (χ4n) is 1.74. The number of thioether (sulfide) groups is 1. The molecule has 0 unspecified atom stereocenters. The molecule has 23 heavy (non-hydrogen) atoms. The molecular formula is C15H8ClF5OS. The third-order valence-corrected chi connectivity index (χ3v) is 4.22. The third kappa shape index (κ3) is 3.84. The van der Waals surface area contributed by atoms with E-state index in [1.165, 1.54) is 24.3 Å². The van der Waals surface area contributed by atoms with Gasteiger partial charge in [0.25, 0.3) is 0 Å². The number of carbonyl (C=O) groups excluding carboxylic acids is 1. The molecule has 0 bridgehead atoms. The first kappa shape index (κ1) is 17.7. The number of halogens is 6. The third-order valence-electron chi connectivity index (χ3n) is 2.91. The van der Waals surface area contributed by atoms with Crippen molar-refractivity contribution in [2.45, 2.75) is 11.3 Å². The van der Waals surface area contributed by atoms with E-state index < -0.39 is 34.0 Å². The van der Waals surface area contributed by atoms with Crippen molar-refractivity contribution >= 4 is 29.1 Å². The smallest absolute Gasteiger partial charge is 0.200 e. The lowest BCUT2D eigenvalue weighted by molar-refractivity contribution is 0.0989.